The zero-order chi connectivity index (χ0) is 8.69. The van der Waals surface area contributed by atoms with Gasteiger partial charge in [0.15, 0.2) is 0 Å². The molecule has 0 radical (unpaired) electrons. The summed E-state index contributed by atoms with van der Waals surface area (Å²) in [6.07, 6.45) is 0.444. The van der Waals surface area contributed by atoms with Crippen LogP contribution in [0.5, 0.6) is 0 Å². The molecule has 0 rings (SSSR count). The molecule has 0 aliphatic heterocycles. The first-order chi connectivity index (χ1) is 5.22. The fraction of sp³-hybridized carbons (Fsp3) is 0.857. The minimum Gasteiger partial charge on any atom is -0.449 e. The van der Waals surface area contributed by atoms with E-state index in [9.17, 15) is 4.79 Å². The van der Waals surface area contributed by atoms with Crippen molar-refractivity contribution in [2.45, 2.75) is 13.3 Å². The number of aliphatic hydroxyl groups is 1. The molecule has 0 aromatic carbocycles. The van der Waals surface area contributed by atoms with Gasteiger partial charge in [0.2, 0.25) is 0 Å². The summed E-state index contributed by atoms with van der Waals surface area (Å²) in [4.78, 5) is 12.2. The summed E-state index contributed by atoms with van der Waals surface area (Å²) in [5.41, 5.74) is 0. The van der Waals surface area contributed by atoms with E-state index in [-0.39, 0.29) is 12.7 Å². The third kappa shape index (κ3) is 4.61. The summed E-state index contributed by atoms with van der Waals surface area (Å²) >= 11 is 0. The second kappa shape index (κ2) is 5.97. The third-order valence-corrected chi connectivity index (χ3v) is 1.18. The second-order valence-corrected chi connectivity index (χ2v) is 2.26. The maximum absolute atomic E-state index is 10.9. The van der Waals surface area contributed by atoms with Gasteiger partial charge >= 0.3 is 6.09 Å². The van der Waals surface area contributed by atoms with Gasteiger partial charge in [-0.2, -0.15) is 0 Å². The Balaban J connectivity index is 3.47. The van der Waals surface area contributed by atoms with Gasteiger partial charge in [-0.3, -0.25) is 0 Å². The number of rotatable bonds is 4. The Kier molecular flexibility index (Phi) is 5.56. The van der Waals surface area contributed by atoms with E-state index < -0.39 is 0 Å². The maximum Gasteiger partial charge on any atom is 0.409 e. The van der Waals surface area contributed by atoms with Crippen molar-refractivity contribution in [3.63, 3.8) is 0 Å². The molecule has 0 saturated heterocycles. The predicted octanol–water partition coefficient (Wildman–Crippen LogP) is 0.457. The van der Waals surface area contributed by atoms with E-state index in [0.717, 1.165) is 6.42 Å². The molecule has 0 fully saturated rings. The molecule has 66 valence electrons. The standard InChI is InChI=1S/C7H15NO3/c1-3-6-11-7(10)8(2)4-5-9/h9H,3-6H2,1-2H3. The van der Waals surface area contributed by atoms with Gasteiger partial charge in [0.25, 0.3) is 0 Å². The van der Waals surface area contributed by atoms with Crippen molar-refractivity contribution in [3.05, 3.63) is 0 Å². The van der Waals surface area contributed by atoms with Crippen LogP contribution in [-0.2, 0) is 4.74 Å². The highest BCUT2D eigenvalue weighted by Crippen LogP contribution is 1.90. The van der Waals surface area contributed by atoms with Crippen LogP contribution in [0.25, 0.3) is 0 Å². The molecule has 0 spiro atoms. The van der Waals surface area contributed by atoms with E-state index >= 15 is 0 Å². The van der Waals surface area contributed by atoms with Gasteiger partial charge < -0.3 is 14.7 Å². The van der Waals surface area contributed by atoms with Crippen LogP contribution in [0.1, 0.15) is 13.3 Å². The quantitative estimate of drug-likeness (QED) is 0.651. The van der Waals surface area contributed by atoms with Crippen molar-refractivity contribution < 1.29 is 14.6 Å². The molecule has 0 bridgehead atoms. The Bertz CT molecular complexity index is 116. The van der Waals surface area contributed by atoms with E-state index in [1.54, 1.807) is 7.05 Å². The Morgan fingerprint density at radius 2 is 2.27 bits per heavy atom. The average Bonchev–Trinajstić information content (AvgIpc) is 2.00. The van der Waals surface area contributed by atoms with Gasteiger partial charge in [0, 0.05) is 13.6 Å². The topological polar surface area (TPSA) is 49.8 Å². The highest BCUT2D eigenvalue weighted by Gasteiger charge is 2.06. The molecule has 0 saturated carbocycles. The van der Waals surface area contributed by atoms with E-state index in [4.69, 9.17) is 9.84 Å². The molecule has 4 heteroatoms. The van der Waals surface area contributed by atoms with E-state index in [0.29, 0.717) is 13.2 Å². The van der Waals surface area contributed by atoms with Crippen molar-refractivity contribution in [1.29, 1.82) is 0 Å². The maximum atomic E-state index is 10.9. The van der Waals surface area contributed by atoms with Crippen molar-refractivity contribution >= 4 is 6.09 Å². The number of nitrogens with zero attached hydrogens (tertiary/aromatic N) is 1. The zero-order valence-electron chi connectivity index (χ0n) is 7.04. The predicted molar refractivity (Wildman–Crippen MR) is 41.4 cm³/mol. The molecule has 0 heterocycles. The second-order valence-electron chi connectivity index (χ2n) is 2.26. The first kappa shape index (κ1) is 10.2. The monoisotopic (exact) mass is 161 g/mol. The SMILES string of the molecule is CCCOC(=O)N(C)CCO. The largest absolute Gasteiger partial charge is 0.449 e. The Hall–Kier alpha value is -0.770. The number of carbonyl (C=O) groups excluding carboxylic acids is 1. The van der Waals surface area contributed by atoms with Crippen molar-refractivity contribution in [2.24, 2.45) is 0 Å². The number of aliphatic hydroxyl groups excluding tert-OH is 1. The van der Waals surface area contributed by atoms with Crippen LogP contribution in [0.4, 0.5) is 4.79 Å². The lowest BCUT2D eigenvalue weighted by molar-refractivity contribution is 0.104. The Morgan fingerprint density at radius 1 is 1.64 bits per heavy atom. The molecule has 1 N–H and O–H groups in total. The lowest BCUT2D eigenvalue weighted by atomic mass is 10.5. The molecular weight excluding hydrogens is 146 g/mol. The van der Waals surface area contributed by atoms with Crippen LogP contribution in [-0.4, -0.2) is 42.9 Å². The average molecular weight is 161 g/mol. The summed E-state index contributed by atoms with van der Waals surface area (Å²) < 4.78 is 4.78. The fourth-order valence-electron chi connectivity index (χ4n) is 0.541. The number of hydrogen-bond donors (Lipinski definition) is 1. The first-order valence-corrected chi connectivity index (χ1v) is 3.71. The number of amides is 1. The molecule has 4 nitrogen and oxygen atoms in total. The number of carbonyl (C=O) groups is 1. The highest BCUT2D eigenvalue weighted by molar-refractivity contribution is 5.67. The summed E-state index contributed by atoms with van der Waals surface area (Å²) in [5.74, 6) is 0. The molecular formula is C7H15NO3. The first-order valence-electron chi connectivity index (χ1n) is 3.71. The molecule has 0 unspecified atom stereocenters. The van der Waals surface area contributed by atoms with Gasteiger partial charge in [-0.1, -0.05) is 6.92 Å². The van der Waals surface area contributed by atoms with Gasteiger partial charge in [-0.15, -0.1) is 0 Å². The van der Waals surface area contributed by atoms with Gasteiger partial charge in [0.1, 0.15) is 0 Å². The van der Waals surface area contributed by atoms with Crippen LogP contribution in [0.3, 0.4) is 0 Å². The summed E-state index contributed by atoms with van der Waals surface area (Å²) in [5, 5.41) is 8.46. The zero-order valence-corrected chi connectivity index (χ0v) is 7.04. The van der Waals surface area contributed by atoms with Crippen molar-refractivity contribution in [3.8, 4) is 0 Å². The van der Waals surface area contributed by atoms with E-state index in [1.807, 2.05) is 6.92 Å². The summed E-state index contributed by atoms with van der Waals surface area (Å²) in [6, 6.07) is 0. The number of likely N-dealkylation sites (N-methyl/N-ethyl adjacent to an activating group) is 1. The van der Waals surface area contributed by atoms with Gasteiger partial charge in [0.05, 0.1) is 13.2 Å². The molecule has 0 aromatic heterocycles. The molecule has 0 atom stereocenters. The van der Waals surface area contributed by atoms with E-state index in [2.05, 4.69) is 0 Å². The third-order valence-electron chi connectivity index (χ3n) is 1.18. The smallest absolute Gasteiger partial charge is 0.409 e. The number of ether oxygens (including phenoxy) is 1. The molecule has 0 aromatic rings. The van der Waals surface area contributed by atoms with Crippen LogP contribution < -0.4 is 0 Å². The lowest BCUT2D eigenvalue weighted by Crippen LogP contribution is -2.30. The van der Waals surface area contributed by atoms with Crippen molar-refractivity contribution in [2.75, 3.05) is 26.8 Å². The Labute approximate surface area is 66.8 Å². The molecule has 0 aliphatic rings. The number of hydrogen-bond acceptors (Lipinski definition) is 3. The Morgan fingerprint density at radius 3 is 2.73 bits per heavy atom. The summed E-state index contributed by atoms with van der Waals surface area (Å²) in [7, 11) is 1.59. The normalized spacial score (nSPS) is 9.36. The highest BCUT2D eigenvalue weighted by atomic mass is 16.6. The van der Waals surface area contributed by atoms with Crippen LogP contribution >= 0.6 is 0 Å². The van der Waals surface area contributed by atoms with Gasteiger partial charge in [-0.25, -0.2) is 4.79 Å². The lowest BCUT2D eigenvalue weighted by Gasteiger charge is -2.14. The van der Waals surface area contributed by atoms with E-state index in [1.165, 1.54) is 4.90 Å². The minimum atomic E-state index is -0.374. The fourth-order valence-corrected chi connectivity index (χ4v) is 0.541. The summed E-state index contributed by atoms with van der Waals surface area (Å²) in [6.45, 7) is 2.66. The molecule has 11 heavy (non-hydrogen) atoms. The van der Waals surface area contributed by atoms with Crippen LogP contribution in [0.2, 0.25) is 0 Å². The van der Waals surface area contributed by atoms with Gasteiger partial charge in [-0.05, 0) is 6.42 Å². The van der Waals surface area contributed by atoms with Crippen LogP contribution in [0, 0.1) is 0 Å². The molecule has 0 aliphatic carbocycles. The molecule has 1 amide bonds. The van der Waals surface area contributed by atoms with Crippen LogP contribution in [0.15, 0.2) is 0 Å². The van der Waals surface area contributed by atoms with Crippen molar-refractivity contribution in [1.82, 2.24) is 4.90 Å². The minimum absolute atomic E-state index is 0.0300.